The normalized spacial score (nSPS) is 10.3. The number of anilines is 1. The molecule has 2 aromatic rings. The second-order valence-corrected chi connectivity index (χ2v) is 5.44. The third-order valence-electron chi connectivity index (χ3n) is 2.82. The van der Waals surface area contributed by atoms with E-state index < -0.39 is 0 Å². The summed E-state index contributed by atoms with van der Waals surface area (Å²) < 4.78 is 0.914. The largest absolute Gasteiger partial charge is 0.309 e. The van der Waals surface area contributed by atoms with Crippen molar-refractivity contribution >= 4 is 40.2 Å². The van der Waals surface area contributed by atoms with Crippen LogP contribution in [0.3, 0.4) is 0 Å². The number of amides is 1. The molecule has 0 saturated heterocycles. The zero-order chi connectivity index (χ0) is 13.8. The van der Waals surface area contributed by atoms with E-state index >= 15 is 0 Å². The summed E-state index contributed by atoms with van der Waals surface area (Å²) in [5.74, 6) is -0.0359. The first-order valence-corrected chi connectivity index (χ1v) is 7.23. The van der Waals surface area contributed by atoms with Crippen molar-refractivity contribution in [3.8, 4) is 0 Å². The molecule has 0 spiro atoms. The van der Waals surface area contributed by atoms with E-state index in [1.165, 1.54) is 0 Å². The Morgan fingerprint density at radius 1 is 1.21 bits per heavy atom. The summed E-state index contributed by atoms with van der Waals surface area (Å²) in [6.45, 7) is 2.58. The number of benzene rings is 2. The molecule has 0 aliphatic heterocycles. The van der Waals surface area contributed by atoms with Crippen molar-refractivity contribution in [2.24, 2.45) is 0 Å². The van der Waals surface area contributed by atoms with E-state index in [1.807, 2.05) is 49.4 Å². The molecule has 0 bridgehead atoms. The van der Waals surface area contributed by atoms with Crippen LogP contribution in [0.25, 0.3) is 0 Å². The number of nitrogens with zero attached hydrogens (tertiary/aromatic N) is 1. The Balaban J connectivity index is 2.36. The van der Waals surface area contributed by atoms with Gasteiger partial charge in [-0.1, -0.05) is 34.1 Å². The molecular formula is C15H14BrNOS. The van der Waals surface area contributed by atoms with E-state index in [0.717, 1.165) is 10.2 Å². The second kappa shape index (κ2) is 6.26. The van der Waals surface area contributed by atoms with Crippen molar-refractivity contribution in [2.75, 3.05) is 11.4 Å². The van der Waals surface area contributed by atoms with Gasteiger partial charge in [-0.05, 0) is 37.3 Å². The summed E-state index contributed by atoms with van der Waals surface area (Å²) in [4.78, 5) is 15.0. The average Bonchev–Trinajstić information content (AvgIpc) is 2.40. The van der Waals surface area contributed by atoms with Gasteiger partial charge in [0.05, 0.1) is 5.56 Å². The quantitative estimate of drug-likeness (QED) is 0.824. The molecule has 2 rings (SSSR count). The predicted octanol–water partition coefficient (Wildman–Crippen LogP) is 4.40. The van der Waals surface area contributed by atoms with Crippen LogP contribution in [0.2, 0.25) is 0 Å². The van der Waals surface area contributed by atoms with E-state index in [9.17, 15) is 4.79 Å². The highest BCUT2D eigenvalue weighted by Crippen LogP contribution is 2.23. The van der Waals surface area contributed by atoms with Crippen LogP contribution >= 0.6 is 28.6 Å². The molecule has 0 saturated carbocycles. The minimum absolute atomic E-state index is 0.0359. The van der Waals surface area contributed by atoms with Crippen molar-refractivity contribution < 1.29 is 4.79 Å². The van der Waals surface area contributed by atoms with Crippen LogP contribution in [-0.2, 0) is 0 Å². The number of rotatable bonds is 3. The predicted molar refractivity (Wildman–Crippen MR) is 85.2 cm³/mol. The number of hydrogen-bond donors (Lipinski definition) is 1. The molecule has 0 atom stereocenters. The van der Waals surface area contributed by atoms with Crippen LogP contribution in [0, 0.1) is 0 Å². The first kappa shape index (κ1) is 14.2. The maximum absolute atomic E-state index is 12.6. The summed E-state index contributed by atoms with van der Waals surface area (Å²) in [5, 5.41) is 0. The van der Waals surface area contributed by atoms with Gasteiger partial charge in [0.25, 0.3) is 5.91 Å². The average molecular weight is 336 g/mol. The third-order valence-corrected chi connectivity index (χ3v) is 3.68. The molecule has 0 unspecified atom stereocenters. The molecule has 0 aromatic heterocycles. The summed E-state index contributed by atoms with van der Waals surface area (Å²) >= 11 is 7.75. The van der Waals surface area contributed by atoms with Crippen molar-refractivity contribution in [3.05, 3.63) is 58.6 Å². The minimum Gasteiger partial charge on any atom is -0.309 e. The number of carbonyl (C=O) groups is 1. The zero-order valence-corrected chi connectivity index (χ0v) is 13.0. The Labute approximate surface area is 127 Å². The van der Waals surface area contributed by atoms with Gasteiger partial charge in [-0.3, -0.25) is 4.79 Å². The molecule has 0 radical (unpaired) electrons. The lowest BCUT2D eigenvalue weighted by Crippen LogP contribution is -2.30. The minimum atomic E-state index is -0.0359. The lowest BCUT2D eigenvalue weighted by atomic mass is 10.1. The fourth-order valence-electron chi connectivity index (χ4n) is 1.88. The van der Waals surface area contributed by atoms with Gasteiger partial charge in [-0.25, -0.2) is 0 Å². The molecule has 0 fully saturated rings. The highest BCUT2D eigenvalue weighted by atomic mass is 79.9. The van der Waals surface area contributed by atoms with E-state index in [-0.39, 0.29) is 5.91 Å². The van der Waals surface area contributed by atoms with Gasteiger partial charge in [-0.15, -0.1) is 12.6 Å². The van der Waals surface area contributed by atoms with Crippen molar-refractivity contribution in [1.29, 1.82) is 0 Å². The first-order valence-electron chi connectivity index (χ1n) is 5.99. The van der Waals surface area contributed by atoms with E-state index in [2.05, 4.69) is 28.6 Å². The molecule has 1 amide bonds. The van der Waals surface area contributed by atoms with Gasteiger partial charge in [0.15, 0.2) is 0 Å². The van der Waals surface area contributed by atoms with Gasteiger partial charge >= 0.3 is 0 Å². The van der Waals surface area contributed by atoms with Crippen molar-refractivity contribution in [2.45, 2.75) is 11.8 Å². The molecule has 4 heteroatoms. The summed E-state index contributed by atoms with van der Waals surface area (Å²) in [6, 6.07) is 15.1. The molecule has 19 heavy (non-hydrogen) atoms. The summed E-state index contributed by atoms with van der Waals surface area (Å²) in [5.41, 5.74) is 1.50. The molecule has 0 N–H and O–H groups in total. The molecule has 98 valence electrons. The molecule has 2 aromatic carbocycles. The number of carbonyl (C=O) groups excluding carboxylic acids is 1. The van der Waals surface area contributed by atoms with Crippen LogP contribution in [0.15, 0.2) is 57.9 Å². The van der Waals surface area contributed by atoms with Gasteiger partial charge < -0.3 is 4.90 Å². The Hall–Kier alpha value is -1.26. The molecular weight excluding hydrogens is 322 g/mol. The van der Waals surface area contributed by atoms with Crippen LogP contribution in [0.5, 0.6) is 0 Å². The molecule has 2 nitrogen and oxygen atoms in total. The van der Waals surface area contributed by atoms with Gasteiger partial charge in [0, 0.05) is 21.6 Å². The third kappa shape index (κ3) is 3.19. The van der Waals surface area contributed by atoms with Gasteiger partial charge in [-0.2, -0.15) is 0 Å². The number of thiol groups is 1. The SMILES string of the molecule is CCN(C(=O)c1ccc(Br)cc1S)c1ccccc1. The van der Waals surface area contributed by atoms with Gasteiger partial charge in [0.1, 0.15) is 0 Å². The molecule has 0 heterocycles. The van der Waals surface area contributed by atoms with Crippen LogP contribution in [0.4, 0.5) is 5.69 Å². The van der Waals surface area contributed by atoms with Gasteiger partial charge in [0.2, 0.25) is 0 Å². The molecule has 0 aliphatic carbocycles. The van der Waals surface area contributed by atoms with Crippen molar-refractivity contribution in [1.82, 2.24) is 0 Å². The van der Waals surface area contributed by atoms with Crippen LogP contribution in [-0.4, -0.2) is 12.5 Å². The topological polar surface area (TPSA) is 20.3 Å². The van der Waals surface area contributed by atoms with Crippen LogP contribution < -0.4 is 4.90 Å². The monoisotopic (exact) mass is 335 g/mol. The summed E-state index contributed by atoms with van der Waals surface area (Å²) in [7, 11) is 0. The lowest BCUT2D eigenvalue weighted by molar-refractivity contribution is 0.0985. The Bertz CT molecular complexity index is 586. The smallest absolute Gasteiger partial charge is 0.259 e. The first-order chi connectivity index (χ1) is 9.13. The maximum Gasteiger partial charge on any atom is 0.259 e. The Morgan fingerprint density at radius 3 is 2.47 bits per heavy atom. The standard InChI is InChI=1S/C15H14BrNOS/c1-2-17(12-6-4-3-5-7-12)15(18)13-9-8-11(16)10-14(13)19/h3-10,19H,2H2,1H3. The Kier molecular flexibility index (Phi) is 4.66. The van der Waals surface area contributed by atoms with E-state index in [4.69, 9.17) is 0 Å². The highest BCUT2D eigenvalue weighted by Gasteiger charge is 2.18. The lowest BCUT2D eigenvalue weighted by Gasteiger charge is -2.21. The number of halogens is 1. The summed E-state index contributed by atoms with van der Waals surface area (Å²) in [6.07, 6.45) is 0. The zero-order valence-electron chi connectivity index (χ0n) is 10.5. The van der Waals surface area contributed by atoms with E-state index in [1.54, 1.807) is 11.0 Å². The fourth-order valence-corrected chi connectivity index (χ4v) is 2.73. The van der Waals surface area contributed by atoms with Crippen LogP contribution in [0.1, 0.15) is 17.3 Å². The van der Waals surface area contributed by atoms with Crippen molar-refractivity contribution in [3.63, 3.8) is 0 Å². The van der Waals surface area contributed by atoms with E-state index in [0.29, 0.717) is 17.0 Å². The number of para-hydroxylation sites is 1. The highest BCUT2D eigenvalue weighted by molar-refractivity contribution is 9.10. The second-order valence-electron chi connectivity index (χ2n) is 4.05. The fraction of sp³-hybridized carbons (Fsp3) is 0.133. The number of hydrogen-bond acceptors (Lipinski definition) is 2. The Morgan fingerprint density at radius 2 is 1.89 bits per heavy atom. The molecule has 0 aliphatic rings. The maximum atomic E-state index is 12.6.